The lowest BCUT2D eigenvalue weighted by Crippen LogP contribution is -2.22. The third kappa shape index (κ3) is 13.7. The first kappa shape index (κ1) is 25.9. The summed E-state index contributed by atoms with van der Waals surface area (Å²) in [5, 5.41) is 0. The van der Waals surface area contributed by atoms with Gasteiger partial charge in [0.2, 0.25) is 0 Å². The van der Waals surface area contributed by atoms with Crippen LogP contribution in [0.15, 0.2) is 30.3 Å². The number of carbonyl (C=O) groups excluding carboxylic acids is 1. The Bertz CT molecular complexity index is 506. The minimum Gasteiger partial charge on any atom is -0.300 e. The molecule has 0 bridgehead atoms. The lowest BCUT2D eigenvalue weighted by Gasteiger charge is -2.29. The molecule has 0 aliphatic heterocycles. The Balaban J connectivity index is 2.19. The monoisotopic (exact) mass is 400 g/mol. The van der Waals surface area contributed by atoms with Gasteiger partial charge in [0, 0.05) is 12.8 Å². The first-order valence-corrected chi connectivity index (χ1v) is 12.7. The van der Waals surface area contributed by atoms with Crippen LogP contribution in [0, 0.1) is 5.41 Å². The molecule has 0 N–H and O–H groups in total. The van der Waals surface area contributed by atoms with Crippen molar-refractivity contribution in [1.29, 1.82) is 0 Å². The molecule has 0 aromatic heterocycles. The van der Waals surface area contributed by atoms with Gasteiger partial charge in [-0.1, -0.05) is 128 Å². The van der Waals surface area contributed by atoms with E-state index in [-0.39, 0.29) is 5.41 Å². The number of unbranched alkanes of at least 4 members (excludes halogenated alkanes) is 11. The summed E-state index contributed by atoms with van der Waals surface area (Å²) in [6.45, 7) is 6.64. The molecule has 1 aromatic rings. The third-order valence-corrected chi connectivity index (χ3v) is 6.51. The Kier molecular flexibility index (Phi) is 14.9. The smallest absolute Gasteiger partial charge is 0.133 e. The number of ketones is 1. The quantitative estimate of drug-likeness (QED) is 0.212. The lowest BCUT2D eigenvalue weighted by atomic mass is 9.75. The van der Waals surface area contributed by atoms with Crippen molar-refractivity contribution >= 4 is 5.78 Å². The van der Waals surface area contributed by atoms with Crippen molar-refractivity contribution < 1.29 is 4.79 Å². The van der Waals surface area contributed by atoms with Gasteiger partial charge in [0.1, 0.15) is 5.78 Å². The van der Waals surface area contributed by atoms with Crippen molar-refractivity contribution in [3.63, 3.8) is 0 Å². The maximum atomic E-state index is 12.2. The van der Waals surface area contributed by atoms with Gasteiger partial charge in [-0.05, 0) is 30.2 Å². The van der Waals surface area contributed by atoms with E-state index in [1.807, 2.05) is 6.92 Å². The van der Waals surface area contributed by atoms with E-state index in [0.29, 0.717) is 12.2 Å². The predicted octanol–water partition coefficient (Wildman–Crippen LogP) is 9.09. The highest BCUT2D eigenvalue weighted by Gasteiger charge is 2.26. The fourth-order valence-electron chi connectivity index (χ4n) is 4.39. The highest BCUT2D eigenvalue weighted by Crippen LogP contribution is 2.35. The van der Waals surface area contributed by atoms with E-state index in [0.717, 1.165) is 19.3 Å². The highest BCUT2D eigenvalue weighted by molar-refractivity contribution is 5.78. The zero-order valence-corrected chi connectivity index (χ0v) is 19.8. The van der Waals surface area contributed by atoms with E-state index in [9.17, 15) is 4.79 Å². The molecule has 0 amide bonds. The molecule has 29 heavy (non-hydrogen) atoms. The molecule has 1 atom stereocenters. The van der Waals surface area contributed by atoms with Crippen LogP contribution in [0.1, 0.15) is 129 Å². The van der Waals surface area contributed by atoms with Gasteiger partial charge in [-0.15, -0.1) is 0 Å². The summed E-state index contributed by atoms with van der Waals surface area (Å²) in [4.78, 5) is 12.2. The second-order valence-corrected chi connectivity index (χ2v) is 9.50. The van der Waals surface area contributed by atoms with Crippen LogP contribution in [0.3, 0.4) is 0 Å². The summed E-state index contributed by atoms with van der Waals surface area (Å²) in [5.74, 6) is 0.430. The van der Waals surface area contributed by atoms with Gasteiger partial charge in [-0.25, -0.2) is 0 Å². The number of carbonyl (C=O) groups is 1. The third-order valence-electron chi connectivity index (χ3n) is 6.51. The summed E-state index contributed by atoms with van der Waals surface area (Å²) in [6, 6.07) is 10.7. The summed E-state index contributed by atoms with van der Waals surface area (Å²) < 4.78 is 0. The molecule has 1 heteroatoms. The molecule has 0 radical (unpaired) electrons. The van der Waals surface area contributed by atoms with Crippen molar-refractivity contribution in [2.75, 3.05) is 0 Å². The fourth-order valence-corrected chi connectivity index (χ4v) is 4.39. The van der Waals surface area contributed by atoms with Crippen LogP contribution in [0.4, 0.5) is 0 Å². The molecule has 0 spiro atoms. The van der Waals surface area contributed by atoms with Crippen molar-refractivity contribution in [2.45, 2.75) is 130 Å². The summed E-state index contributed by atoms with van der Waals surface area (Å²) in [5.41, 5.74) is 1.57. The van der Waals surface area contributed by atoms with Crippen LogP contribution in [0.25, 0.3) is 0 Å². The Morgan fingerprint density at radius 1 is 0.724 bits per heavy atom. The first-order chi connectivity index (χ1) is 14.1. The van der Waals surface area contributed by atoms with E-state index in [4.69, 9.17) is 0 Å². The second-order valence-electron chi connectivity index (χ2n) is 9.50. The van der Waals surface area contributed by atoms with Crippen LogP contribution in [0.5, 0.6) is 0 Å². The molecule has 1 nitrogen and oxygen atoms in total. The highest BCUT2D eigenvalue weighted by atomic mass is 16.1. The molecule has 0 saturated heterocycles. The van der Waals surface area contributed by atoms with E-state index >= 15 is 0 Å². The maximum Gasteiger partial charge on any atom is 0.133 e. The number of hydrogen-bond donors (Lipinski definition) is 0. The molecule has 166 valence electrons. The van der Waals surface area contributed by atoms with Gasteiger partial charge in [-0.3, -0.25) is 4.79 Å². The Morgan fingerprint density at radius 2 is 1.24 bits per heavy atom. The minimum absolute atomic E-state index is 0.168. The predicted molar refractivity (Wildman–Crippen MR) is 128 cm³/mol. The zero-order valence-electron chi connectivity index (χ0n) is 19.8. The minimum atomic E-state index is 0.168. The average Bonchev–Trinajstić information content (AvgIpc) is 2.74. The Morgan fingerprint density at radius 3 is 1.76 bits per heavy atom. The van der Waals surface area contributed by atoms with Crippen molar-refractivity contribution in [2.24, 2.45) is 5.41 Å². The zero-order chi connectivity index (χ0) is 21.2. The van der Waals surface area contributed by atoms with Crippen molar-refractivity contribution in [1.82, 2.24) is 0 Å². The molecule has 1 aromatic carbocycles. The van der Waals surface area contributed by atoms with Crippen LogP contribution in [-0.2, 0) is 11.2 Å². The normalized spacial score (nSPS) is 13.3. The molecular formula is C28H48O. The molecule has 0 aliphatic carbocycles. The number of rotatable bonds is 19. The molecule has 0 heterocycles. The maximum absolute atomic E-state index is 12.2. The summed E-state index contributed by atoms with van der Waals surface area (Å²) >= 11 is 0. The first-order valence-electron chi connectivity index (χ1n) is 12.7. The Labute approximate surface area is 182 Å². The Hall–Kier alpha value is -1.11. The summed E-state index contributed by atoms with van der Waals surface area (Å²) in [7, 11) is 0. The van der Waals surface area contributed by atoms with E-state index in [1.54, 1.807) is 0 Å². The number of hydrogen-bond acceptors (Lipinski definition) is 1. The lowest BCUT2D eigenvalue weighted by molar-refractivity contribution is -0.121. The van der Waals surface area contributed by atoms with Crippen molar-refractivity contribution in [3.05, 3.63) is 35.9 Å². The number of benzene rings is 1. The van der Waals surface area contributed by atoms with Crippen molar-refractivity contribution in [3.8, 4) is 0 Å². The molecular weight excluding hydrogens is 352 g/mol. The van der Waals surface area contributed by atoms with Crippen LogP contribution in [-0.4, -0.2) is 5.78 Å². The van der Waals surface area contributed by atoms with E-state index in [2.05, 4.69) is 44.2 Å². The molecule has 0 aliphatic rings. The molecule has 1 rings (SSSR count). The number of Topliss-reactive ketones (excluding diaryl/α,β-unsaturated/α-hetero) is 1. The second kappa shape index (κ2) is 16.7. The molecule has 0 saturated carbocycles. The SMILES string of the molecule is CCCCCCCCCCCCCC[C@](C)(CCc1ccccc1)CC(=O)CC. The summed E-state index contributed by atoms with van der Waals surface area (Å²) in [6.07, 6.45) is 21.5. The van der Waals surface area contributed by atoms with E-state index < -0.39 is 0 Å². The van der Waals surface area contributed by atoms with Gasteiger partial charge in [0.15, 0.2) is 0 Å². The standard InChI is InChI=1S/C28H48O/c1-4-6-7-8-9-10-11-12-13-14-15-19-23-28(3,25-27(29)5-2)24-22-26-20-17-16-18-21-26/h16-18,20-21H,4-15,19,22-25H2,1-3H3/t28-/m1/s1. The van der Waals surface area contributed by atoms with Gasteiger partial charge < -0.3 is 0 Å². The molecule has 0 fully saturated rings. The van der Waals surface area contributed by atoms with Crippen LogP contribution >= 0.6 is 0 Å². The van der Waals surface area contributed by atoms with Gasteiger partial charge in [0.25, 0.3) is 0 Å². The van der Waals surface area contributed by atoms with Gasteiger partial charge in [0.05, 0.1) is 0 Å². The average molecular weight is 401 g/mol. The fraction of sp³-hybridized carbons (Fsp3) is 0.750. The van der Waals surface area contributed by atoms with Crippen LogP contribution < -0.4 is 0 Å². The topological polar surface area (TPSA) is 17.1 Å². The van der Waals surface area contributed by atoms with E-state index in [1.165, 1.54) is 89.0 Å². The van der Waals surface area contributed by atoms with Gasteiger partial charge in [-0.2, -0.15) is 0 Å². The molecule has 0 unspecified atom stereocenters. The van der Waals surface area contributed by atoms with Gasteiger partial charge >= 0.3 is 0 Å². The number of aryl methyl sites for hydroxylation is 1. The largest absolute Gasteiger partial charge is 0.300 e. The van der Waals surface area contributed by atoms with Crippen LogP contribution in [0.2, 0.25) is 0 Å².